The molecule has 0 aromatic carbocycles. The number of nitrogens with zero attached hydrogens (tertiary/aromatic N) is 3. The van der Waals surface area contributed by atoms with Gasteiger partial charge in [-0.25, -0.2) is 4.98 Å². The molecule has 0 spiro atoms. The predicted molar refractivity (Wildman–Crippen MR) is 72.9 cm³/mol. The summed E-state index contributed by atoms with van der Waals surface area (Å²) < 4.78 is 7.07. The molecule has 0 saturated carbocycles. The fourth-order valence-electron chi connectivity index (χ4n) is 2.16. The molecule has 2 aromatic rings. The van der Waals surface area contributed by atoms with E-state index in [0.717, 1.165) is 5.82 Å². The van der Waals surface area contributed by atoms with Crippen molar-refractivity contribution in [2.75, 3.05) is 13.2 Å². The zero-order valence-electron chi connectivity index (χ0n) is 11.7. The Morgan fingerprint density at radius 3 is 2.95 bits per heavy atom. The van der Waals surface area contributed by atoms with Gasteiger partial charge in [0, 0.05) is 18.9 Å². The molecule has 2 heterocycles. The quantitative estimate of drug-likeness (QED) is 0.865. The maximum Gasteiger partial charge on any atom is 0.245 e. The molecule has 0 aliphatic heterocycles. The SMILES string of the molecule is Cc1nccn1[C@@H](C)C(=O)N(CCO)Cc1ccco1. The number of amides is 1. The summed E-state index contributed by atoms with van der Waals surface area (Å²) in [4.78, 5) is 18.2. The fraction of sp³-hybridized carbons (Fsp3) is 0.429. The van der Waals surface area contributed by atoms with E-state index in [9.17, 15) is 4.79 Å². The van der Waals surface area contributed by atoms with Crippen LogP contribution in [0.4, 0.5) is 0 Å². The summed E-state index contributed by atoms with van der Waals surface area (Å²) in [6.45, 7) is 4.22. The maximum absolute atomic E-state index is 12.5. The minimum atomic E-state index is -0.362. The lowest BCUT2D eigenvalue weighted by molar-refractivity contribution is -0.135. The Balaban J connectivity index is 2.12. The van der Waals surface area contributed by atoms with E-state index in [1.165, 1.54) is 0 Å². The summed E-state index contributed by atoms with van der Waals surface area (Å²) in [5.74, 6) is 1.41. The molecule has 0 bridgehead atoms. The average molecular weight is 277 g/mol. The van der Waals surface area contributed by atoms with E-state index in [2.05, 4.69) is 4.98 Å². The highest BCUT2D eigenvalue weighted by Crippen LogP contribution is 2.15. The van der Waals surface area contributed by atoms with Crippen molar-refractivity contribution in [3.05, 3.63) is 42.4 Å². The van der Waals surface area contributed by atoms with Gasteiger partial charge in [-0.1, -0.05) is 0 Å². The third-order valence-electron chi connectivity index (χ3n) is 3.25. The molecule has 0 saturated heterocycles. The predicted octanol–water partition coefficient (Wildman–Crippen LogP) is 1.37. The lowest BCUT2D eigenvalue weighted by Crippen LogP contribution is -2.37. The molecular weight excluding hydrogens is 258 g/mol. The van der Waals surface area contributed by atoms with Crippen LogP contribution in [0, 0.1) is 6.92 Å². The van der Waals surface area contributed by atoms with Gasteiger partial charge in [-0.3, -0.25) is 4.79 Å². The monoisotopic (exact) mass is 277 g/mol. The van der Waals surface area contributed by atoms with Crippen molar-refractivity contribution in [3.63, 3.8) is 0 Å². The van der Waals surface area contributed by atoms with Crippen molar-refractivity contribution in [3.8, 4) is 0 Å². The van der Waals surface area contributed by atoms with Crippen LogP contribution >= 0.6 is 0 Å². The zero-order valence-corrected chi connectivity index (χ0v) is 11.7. The Labute approximate surface area is 117 Å². The Hall–Kier alpha value is -2.08. The number of imidazole rings is 1. The van der Waals surface area contributed by atoms with Crippen molar-refractivity contribution in [1.82, 2.24) is 14.5 Å². The number of carbonyl (C=O) groups excluding carboxylic acids is 1. The smallest absolute Gasteiger partial charge is 0.245 e. The largest absolute Gasteiger partial charge is 0.467 e. The van der Waals surface area contributed by atoms with Crippen LogP contribution < -0.4 is 0 Å². The summed E-state index contributed by atoms with van der Waals surface area (Å²) in [7, 11) is 0. The molecule has 0 aliphatic rings. The second-order valence-corrected chi connectivity index (χ2v) is 4.62. The highest BCUT2D eigenvalue weighted by molar-refractivity contribution is 5.80. The van der Waals surface area contributed by atoms with E-state index in [4.69, 9.17) is 9.52 Å². The van der Waals surface area contributed by atoms with Gasteiger partial charge in [0.05, 0.1) is 19.4 Å². The van der Waals surface area contributed by atoms with Gasteiger partial charge in [-0.05, 0) is 26.0 Å². The minimum absolute atomic E-state index is 0.0726. The average Bonchev–Trinajstić information content (AvgIpc) is 3.08. The van der Waals surface area contributed by atoms with E-state index >= 15 is 0 Å². The standard InChI is InChI=1S/C14H19N3O3/c1-11(17-6-5-15-12(17)2)14(19)16(7-8-18)10-13-4-3-9-20-13/h3-6,9,11,18H,7-8,10H2,1-2H3/t11-/m0/s1. The topological polar surface area (TPSA) is 71.5 Å². The lowest BCUT2D eigenvalue weighted by atomic mass is 10.2. The van der Waals surface area contributed by atoms with E-state index in [1.54, 1.807) is 29.6 Å². The van der Waals surface area contributed by atoms with Gasteiger partial charge in [-0.2, -0.15) is 0 Å². The molecule has 1 atom stereocenters. The van der Waals surface area contributed by atoms with Crippen molar-refractivity contribution in [2.45, 2.75) is 26.4 Å². The van der Waals surface area contributed by atoms with Crippen LogP contribution in [0.5, 0.6) is 0 Å². The number of hydrogen-bond donors (Lipinski definition) is 1. The first kappa shape index (κ1) is 14.3. The molecule has 0 radical (unpaired) electrons. The second kappa shape index (κ2) is 6.38. The molecule has 2 rings (SSSR count). The molecular formula is C14H19N3O3. The van der Waals surface area contributed by atoms with Gasteiger partial charge in [0.2, 0.25) is 5.91 Å². The van der Waals surface area contributed by atoms with Gasteiger partial charge >= 0.3 is 0 Å². The van der Waals surface area contributed by atoms with E-state index in [0.29, 0.717) is 12.3 Å². The number of aryl methyl sites for hydroxylation is 1. The maximum atomic E-state index is 12.5. The van der Waals surface area contributed by atoms with Crippen molar-refractivity contribution in [1.29, 1.82) is 0 Å². The fourth-order valence-corrected chi connectivity index (χ4v) is 2.16. The van der Waals surface area contributed by atoms with Crippen molar-refractivity contribution >= 4 is 5.91 Å². The van der Waals surface area contributed by atoms with Crippen molar-refractivity contribution < 1.29 is 14.3 Å². The van der Waals surface area contributed by atoms with Gasteiger partial charge in [0.1, 0.15) is 17.6 Å². The number of hydrogen-bond acceptors (Lipinski definition) is 4. The summed E-state index contributed by atoms with van der Waals surface area (Å²) in [6.07, 6.45) is 5.02. The highest BCUT2D eigenvalue weighted by Gasteiger charge is 2.23. The van der Waals surface area contributed by atoms with E-state index in [1.807, 2.05) is 24.5 Å². The first-order valence-corrected chi connectivity index (χ1v) is 6.55. The zero-order chi connectivity index (χ0) is 14.5. The number of carbonyl (C=O) groups is 1. The summed E-state index contributed by atoms with van der Waals surface area (Å²) in [5, 5.41) is 9.14. The first-order valence-electron chi connectivity index (χ1n) is 6.55. The Morgan fingerprint density at radius 1 is 1.60 bits per heavy atom. The number of rotatable bonds is 6. The number of furan rings is 1. The molecule has 2 aromatic heterocycles. The van der Waals surface area contributed by atoms with Crippen LogP contribution in [0.3, 0.4) is 0 Å². The molecule has 0 fully saturated rings. The third-order valence-corrected chi connectivity index (χ3v) is 3.25. The van der Waals surface area contributed by atoms with E-state index < -0.39 is 0 Å². The lowest BCUT2D eigenvalue weighted by Gasteiger charge is -2.25. The Bertz CT molecular complexity index is 548. The normalized spacial score (nSPS) is 12.3. The molecule has 1 N–H and O–H groups in total. The van der Waals surface area contributed by atoms with Crippen molar-refractivity contribution in [2.24, 2.45) is 0 Å². The van der Waals surface area contributed by atoms with Gasteiger partial charge < -0.3 is 19.0 Å². The molecule has 1 amide bonds. The molecule has 0 unspecified atom stereocenters. The summed E-state index contributed by atoms with van der Waals surface area (Å²) in [6, 6.07) is 3.23. The molecule has 6 nitrogen and oxygen atoms in total. The second-order valence-electron chi connectivity index (χ2n) is 4.62. The Morgan fingerprint density at radius 2 is 2.40 bits per heavy atom. The van der Waals surface area contributed by atoms with Gasteiger partial charge in [0.15, 0.2) is 0 Å². The summed E-state index contributed by atoms with van der Waals surface area (Å²) in [5.41, 5.74) is 0. The van der Waals surface area contributed by atoms with Crippen LogP contribution in [0.1, 0.15) is 24.6 Å². The van der Waals surface area contributed by atoms with Crippen LogP contribution in [0.2, 0.25) is 0 Å². The molecule has 108 valence electrons. The summed E-state index contributed by atoms with van der Waals surface area (Å²) >= 11 is 0. The van der Waals surface area contributed by atoms with Crippen LogP contribution in [0.25, 0.3) is 0 Å². The Kier molecular flexibility index (Phi) is 4.57. The molecule has 0 aliphatic carbocycles. The number of aromatic nitrogens is 2. The molecule has 6 heteroatoms. The number of aliphatic hydroxyl groups is 1. The minimum Gasteiger partial charge on any atom is -0.467 e. The van der Waals surface area contributed by atoms with Gasteiger partial charge in [0.25, 0.3) is 0 Å². The third kappa shape index (κ3) is 3.08. The van der Waals surface area contributed by atoms with Gasteiger partial charge in [-0.15, -0.1) is 0 Å². The first-order chi connectivity index (χ1) is 9.63. The molecule has 20 heavy (non-hydrogen) atoms. The van der Waals surface area contributed by atoms with Crippen LogP contribution in [0.15, 0.2) is 35.2 Å². The van der Waals surface area contributed by atoms with Crippen LogP contribution in [-0.2, 0) is 11.3 Å². The number of aliphatic hydroxyl groups excluding tert-OH is 1. The highest BCUT2D eigenvalue weighted by atomic mass is 16.3. The van der Waals surface area contributed by atoms with E-state index in [-0.39, 0.29) is 25.1 Å². The van der Waals surface area contributed by atoms with Crippen LogP contribution in [-0.4, -0.2) is 38.6 Å².